The maximum atomic E-state index is 12.5. The minimum atomic E-state index is -0.742. The van der Waals surface area contributed by atoms with Crippen LogP contribution in [0.25, 0.3) is 0 Å². The number of β-amino-alcohol motifs (C(OH)–C–C–N with tert-alkyl or cyclic N) is 1. The van der Waals surface area contributed by atoms with Crippen molar-refractivity contribution in [2.24, 2.45) is 16.7 Å². The van der Waals surface area contributed by atoms with Gasteiger partial charge in [-0.05, 0) is 23.8 Å². The van der Waals surface area contributed by atoms with Gasteiger partial charge < -0.3 is 15.3 Å². The highest BCUT2D eigenvalue weighted by Crippen LogP contribution is 2.68. The van der Waals surface area contributed by atoms with Crippen molar-refractivity contribution in [1.29, 1.82) is 0 Å². The molecule has 18 heavy (non-hydrogen) atoms. The number of rotatable bonds is 3. The smallest absolute Gasteiger partial charge is 0.226 e. The molecule has 1 aliphatic heterocycles. The molecule has 1 amide bonds. The number of carbonyl (C=O) groups excluding carboxylic acids is 1. The second-order valence-corrected chi connectivity index (χ2v) is 7.22. The first-order valence-corrected chi connectivity index (χ1v) is 6.80. The molecule has 1 atom stereocenters. The second-order valence-electron chi connectivity index (χ2n) is 7.22. The van der Waals surface area contributed by atoms with Crippen molar-refractivity contribution in [2.75, 3.05) is 26.7 Å². The first kappa shape index (κ1) is 13.8. The van der Waals surface area contributed by atoms with Gasteiger partial charge in [0, 0.05) is 19.5 Å². The maximum absolute atomic E-state index is 12.5. The average Bonchev–Trinajstić information content (AvgIpc) is 2.57. The van der Waals surface area contributed by atoms with Crippen LogP contribution < -0.4 is 5.32 Å². The molecule has 1 heterocycles. The van der Waals surface area contributed by atoms with Crippen molar-refractivity contribution in [3.63, 3.8) is 0 Å². The van der Waals surface area contributed by atoms with Crippen LogP contribution in [-0.4, -0.2) is 48.2 Å². The van der Waals surface area contributed by atoms with Crippen molar-refractivity contribution < 1.29 is 9.90 Å². The normalized spacial score (nSPS) is 33.4. The largest absolute Gasteiger partial charge is 0.387 e. The Balaban J connectivity index is 1.99. The summed E-state index contributed by atoms with van der Waals surface area (Å²) in [4.78, 5) is 14.2. The third-order valence-corrected chi connectivity index (χ3v) is 5.40. The molecule has 2 N–H and O–H groups in total. The molecule has 0 aromatic rings. The van der Waals surface area contributed by atoms with Gasteiger partial charge in [0.2, 0.25) is 5.91 Å². The number of aliphatic hydroxyl groups is 1. The van der Waals surface area contributed by atoms with Gasteiger partial charge in [-0.2, -0.15) is 0 Å². The molecule has 1 saturated heterocycles. The lowest BCUT2D eigenvalue weighted by Crippen LogP contribution is -2.46. The van der Waals surface area contributed by atoms with Crippen LogP contribution in [-0.2, 0) is 4.79 Å². The van der Waals surface area contributed by atoms with Crippen molar-refractivity contribution in [3.8, 4) is 0 Å². The number of hydrogen-bond acceptors (Lipinski definition) is 3. The summed E-state index contributed by atoms with van der Waals surface area (Å²) >= 11 is 0. The van der Waals surface area contributed by atoms with E-state index in [0.717, 1.165) is 13.0 Å². The van der Waals surface area contributed by atoms with Gasteiger partial charge in [-0.15, -0.1) is 0 Å². The van der Waals surface area contributed by atoms with Gasteiger partial charge in [0.05, 0.1) is 12.1 Å². The summed E-state index contributed by atoms with van der Waals surface area (Å²) in [5, 5.41) is 13.5. The summed E-state index contributed by atoms with van der Waals surface area (Å²) in [5.74, 6) is 0.248. The molecule has 104 valence electrons. The third-order valence-electron chi connectivity index (χ3n) is 5.40. The van der Waals surface area contributed by atoms with E-state index in [2.05, 4.69) is 33.0 Å². The summed E-state index contributed by atoms with van der Waals surface area (Å²) in [6.45, 7) is 10.4. The molecule has 2 aliphatic rings. The van der Waals surface area contributed by atoms with E-state index in [1.807, 2.05) is 7.05 Å². The van der Waals surface area contributed by atoms with Crippen LogP contribution in [0, 0.1) is 16.7 Å². The molecule has 2 fully saturated rings. The maximum Gasteiger partial charge on any atom is 0.226 e. The van der Waals surface area contributed by atoms with Gasteiger partial charge in [-0.25, -0.2) is 0 Å². The zero-order valence-corrected chi connectivity index (χ0v) is 12.2. The number of likely N-dealkylation sites (N-methyl/N-ethyl adjacent to an activating group) is 1. The Morgan fingerprint density at radius 3 is 2.28 bits per heavy atom. The molecular weight excluding hydrogens is 228 g/mol. The molecule has 0 aromatic carbocycles. The Morgan fingerprint density at radius 1 is 1.33 bits per heavy atom. The number of hydrogen-bond donors (Lipinski definition) is 2. The first-order chi connectivity index (χ1) is 8.12. The summed E-state index contributed by atoms with van der Waals surface area (Å²) in [6.07, 6.45) is 0.724. The van der Waals surface area contributed by atoms with E-state index >= 15 is 0 Å². The van der Waals surface area contributed by atoms with Crippen LogP contribution >= 0.6 is 0 Å². The van der Waals surface area contributed by atoms with E-state index < -0.39 is 5.60 Å². The molecule has 4 nitrogen and oxygen atoms in total. The number of amides is 1. The average molecular weight is 254 g/mol. The number of nitrogens with zero attached hydrogens (tertiary/aromatic N) is 1. The van der Waals surface area contributed by atoms with Gasteiger partial charge in [-0.1, -0.05) is 27.7 Å². The molecule has 1 unspecified atom stereocenters. The summed E-state index contributed by atoms with van der Waals surface area (Å²) < 4.78 is 0. The quantitative estimate of drug-likeness (QED) is 0.785. The molecular formula is C14H26N2O2. The highest BCUT2D eigenvalue weighted by Gasteiger charge is 2.68. The molecule has 4 heteroatoms. The minimum absolute atomic E-state index is 0.0644. The molecule has 0 spiro atoms. The number of carbonyl (C=O) groups is 1. The van der Waals surface area contributed by atoms with Crippen LogP contribution in [0.4, 0.5) is 0 Å². The van der Waals surface area contributed by atoms with Gasteiger partial charge >= 0.3 is 0 Å². The van der Waals surface area contributed by atoms with Crippen molar-refractivity contribution in [2.45, 2.75) is 39.7 Å². The number of nitrogens with one attached hydrogen (secondary N) is 1. The Labute approximate surface area is 110 Å². The molecule has 1 aliphatic carbocycles. The van der Waals surface area contributed by atoms with E-state index in [9.17, 15) is 9.90 Å². The van der Waals surface area contributed by atoms with Crippen LogP contribution in [0.5, 0.6) is 0 Å². The Morgan fingerprint density at radius 2 is 1.89 bits per heavy atom. The Bertz CT molecular complexity index is 343. The monoisotopic (exact) mass is 254 g/mol. The van der Waals surface area contributed by atoms with Crippen LogP contribution in [0.1, 0.15) is 34.1 Å². The standard InChI is InChI=1S/C14H26N2O2/c1-12(2)10(13(12,3)4)11(17)16(5)9-14(18)6-7-15-8-14/h10,15,18H,6-9H2,1-5H3. The topological polar surface area (TPSA) is 52.6 Å². The predicted molar refractivity (Wildman–Crippen MR) is 71.1 cm³/mol. The van der Waals surface area contributed by atoms with Crippen LogP contribution in [0.15, 0.2) is 0 Å². The molecule has 0 bridgehead atoms. The Kier molecular flexibility index (Phi) is 3.02. The van der Waals surface area contributed by atoms with Gasteiger partial charge in [0.15, 0.2) is 0 Å². The molecule has 2 rings (SSSR count). The van der Waals surface area contributed by atoms with Crippen molar-refractivity contribution in [1.82, 2.24) is 10.2 Å². The fraction of sp³-hybridized carbons (Fsp3) is 0.929. The third kappa shape index (κ3) is 1.95. The van der Waals surface area contributed by atoms with Gasteiger partial charge in [0.25, 0.3) is 0 Å². The zero-order chi connectivity index (χ0) is 13.8. The summed E-state index contributed by atoms with van der Waals surface area (Å²) in [5.41, 5.74) is -0.614. The van der Waals surface area contributed by atoms with Crippen molar-refractivity contribution >= 4 is 5.91 Å². The lowest BCUT2D eigenvalue weighted by atomic mass is 10.0. The van der Waals surface area contributed by atoms with Crippen molar-refractivity contribution in [3.05, 3.63) is 0 Å². The fourth-order valence-electron chi connectivity index (χ4n) is 3.42. The van der Waals surface area contributed by atoms with Gasteiger partial charge in [0.1, 0.15) is 0 Å². The van der Waals surface area contributed by atoms with E-state index in [0.29, 0.717) is 13.1 Å². The van der Waals surface area contributed by atoms with Gasteiger partial charge in [-0.3, -0.25) is 4.79 Å². The van der Waals surface area contributed by atoms with E-state index in [-0.39, 0.29) is 22.7 Å². The van der Waals surface area contributed by atoms with Crippen LogP contribution in [0.2, 0.25) is 0 Å². The van der Waals surface area contributed by atoms with Crippen LogP contribution in [0.3, 0.4) is 0 Å². The fourth-order valence-corrected chi connectivity index (χ4v) is 3.42. The minimum Gasteiger partial charge on any atom is -0.387 e. The highest BCUT2D eigenvalue weighted by molar-refractivity contribution is 5.84. The van der Waals surface area contributed by atoms with E-state index in [4.69, 9.17) is 0 Å². The first-order valence-electron chi connectivity index (χ1n) is 6.80. The zero-order valence-electron chi connectivity index (χ0n) is 12.2. The lowest BCUT2D eigenvalue weighted by Gasteiger charge is -2.28. The molecule has 1 saturated carbocycles. The molecule has 0 radical (unpaired) electrons. The Hall–Kier alpha value is -0.610. The SMILES string of the molecule is CN(CC1(O)CCNC1)C(=O)C1C(C)(C)C1(C)C. The highest BCUT2D eigenvalue weighted by atomic mass is 16.3. The van der Waals surface area contributed by atoms with E-state index in [1.54, 1.807) is 4.90 Å². The predicted octanol–water partition coefficient (Wildman–Crippen LogP) is 0.851. The molecule has 0 aromatic heterocycles. The lowest BCUT2D eigenvalue weighted by molar-refractivity contribution is -0.135. The van der Waals surface area contributed by atoms with E-state index in [1.165, 1.54) is 0 Å². The summed E-state index contributed by atoms with van der Waals surface area (Å²) in [6, 6.07) is 0. The summed E-state index contributed by atoms with van der Waals surface area (Å²) in [7, 11) is 1.81. The second kappa shape index (κ2) is 3.94.